The first-order valence-electron chi connectivity index (χ1n) is 8.62. The number of anilines is 1. The Morgan fingerprint density at radius 1 is 0.889 bits per heavy atom. The zero-order valence-electron chi connectivity index (χ0n) is 14.2. The van der Waals surface area contributed by atoms with Crippen LogP contribution in [0.3, 0.4) is 0 Å². The van der Waals surface area contributed by atoms with E-state index in [2.05, 4.69) is 22.8 Å². The van der Waals surface area contributed by atoms with E-state index in [9.17, 15) is 14.4 Å². The Hall–Kier alpha value is -3.25. The minimum Gasteiger partial charge on any atom is -0.321 e. The standard InChI is InChI=1S/C21H14N2O3S/c24-19-15-8-7-13(10-16(15)20(25)23-19)22-21(26)17-9-12-6-5-11-3-1-2-4-14(11)18(12)27-17/h1-4,7-10H,5-6H2,(H,22,26)(H,23,24,25). The molecule has 0 atom stereocenters. The monoisotopic (exact) mass is 374 g/mol. The van der Waals surface area contributed by atoms with Crippen LogP contribution in [0, 0.1) is 0 Å². The molecule has 132 valence electrons. The van der Waals surface area contributed by atoms with Crippen LogP contribution in [0.2, 0.25) is 0 Å². The van der Waals surface area contributed by atoms with Gasteiger partial charge in [-0.2, -0.15) is 0 Å². The molecule has 3 aromatic rings. The highest BCUT2D eigenvalue weighted by molar-refractivity contribution is 7.17. The van der Waals surface area contributed by atoms with Crippen LogP contribution in [0.1, 0.15) is 41.5 Å². The number of rotatable bonds is 2. The third-order valence-electron chi connectivity index (χ3n) is 4.95. The van der Waals surface area contributed by atoms with Crippen molar-refractivity contribution in [1.29, 1.82) is 0 Å². The third kappa shape index (κ3) is 2.57. The summed E-state index contributed by atoms with van der Waals surface area (Å²) >= 11 is 1.49. The summed E-state index contributed by atoms with van der Waals surface area (Å²) in [7, 11) is 0. The van der Waals surface area contributed by atoms with E-state index in [1.807, 2.05) is 18.2 Å². The van der Waals surface area contributed by atoms with Crippen molar-refractivity contribution in [2.45, 2.75) is 12.8 Å². The Bertz CT molecular complexity index is 1150. The fourth-order valence-corrected chi connectivity index (χ4v) is 4.79. The lowest BCUT2D eigenvalue weighted by Gasteiger charge is -2.15. The molecule has 2 N–H and O–H groups in total. The van der Waals surface area contributed by atoms with Crippen molar-refractivity contribution in [2.24, 2.45) is 0 Å². The van der Waals surface area contributed by atoms with Crippen LogP contribution in [-0.2, 0) is 12.8 Å². The van der Waals surface area contributed by atoms with Crippen molar-refractivity contribution < 1.29 is 14.4 Å². The van der Waals surface area contributed by atoms with Crippen molar-refractivity contribution in [2.75, 3.05) is 5.32 Å². The highest BCUT2D eigenvalue weighted by Gasteiger charge is 2.27. The molecule has 0 fully saturated rings. The number of aryl methyl sites for hydroxylation is 2. The van der Waals surface area contributed by atoms with Crippen LogP contribution < -0.4 is 10.6 Å². The summed E-state index contributed by atoms with van der Waals surface area (Å²) in [6.07, 6.45) is 1.91. The van der Waals surface area contributed by atoms with E-state index in [1.165, 1.54) is 34.1 Å². The van der Waals surface area contributed by atoms with Gasteiger partial charge in [-0.25, -0.2) is 0 Å². The summed E-state index contributed by atoms with van der Waals surface area (Å²) in [5.41, 5.74) is 4.83. The molecule has 0 spiro atoms. The summed E-state index contributed by atoms with van der Waals surface area (Å²) in [6.45, 7) is 0. The molecule has 0 saturated heterocycles. The Morgan fingerprint density at radius 2 is 1.67 bits per heavy atom. The molecule has 3 amide bonds. The topological polar surface area (TPSA) is 75.3 Å². The van der Waals surface area contributed by atoms with Crippen molar-refractivity contribution in [3.63, 3.8) is 0 Å². The predicted octanol–water partition coefficient (Wildman–Crippen LogP) is 3.65. The highest BCUT2D eigenvalue weighted by atomic mass is 32.1. The number of hydrogen-bond donors (Lipinski definition) is 2. The van der Waals surface area contributed by atoms with Gasteiger partial charge in [0.05, 0.1) is 16.0 Å². The van der Waals surface area contributed by atoms with Crippen LogP contribution in [0.5, 0.6) is 0 Å². The molecular formula is C21H14N2O3S. The van der Waals surface area contributed by atoms with E-state index < -0.39 is 11.8 Å². The molecule has 2 aromatic carbocycles. The van der Waals surface area contributed by atoms with Gasteiger partial charge in [0.25, 0.3) is 17.7 Å². The summed E-state index contributed by atoms with van der Waals surface area (Å²) in [4.78, 5) is 37.9. The predicted molar refractivity (Wildman–Crippen MR) is 103 cm³/mol. The summed E-state index contributed by atoms with van der Waals surface area (Å²) in [6, 6.07) is 15.0. The molecule has 5 rings (SSSR count). The molecule has 0 unspecified atom stereocenters. The average Bonchev–Trinajstić information content (AvgIpc) is 3.23. The minimum atomic E-state index is -0.436. The van der Waals surface area contributed by atoms with E-state index in [4.69, 9.17) is 0 Å². The van der Waals surface area contributed by atoms with Crippen molar-refractivity contribution >= 4 is 34.7 Å². The second-order valence-corrected chi connectivity index (χ2v) is 7.67. The number of fused-ring (bicyclic) bond motifs is 4. The number of nitrogens with one attached hydrogen (secondary N) is 2. The van der Waals surface area contributed by atoms with Crippen molar-refractivity contribution in [3.05, 3.63) is 75.7 Å². The maximum atomic E-state index is 12.7. The molecule has 2 aliphatic rings. The lowest BCUT2D eigenvalue weighted by molar-refractivity contribution is 0.0878. The van der Waals surface area contributed by atoms with E-state index >= 15 is 0 Å². The second kappa shape index (κ2) is 5.89. The Labute approximate surface area is 159 Å². The smallest absolute Gasteiger partial charge is 0.265 e. The van der Waals surface area contributed by atoms with Crippen LogP contribution in [0.4, 0.5) is 5.69 Å². The minimum absolute atomic E-state index is 0.212. The number of thiophene rings is 1. The Kier molecular flexibility index (Phi) is 3.48. The summed E-state index contributed by atoms with van der Waals surface area (Å²) in [5.74, 6) is -1.05. The second-order valence-electron chi connectivity index (χ2n) is 6.62. The Balaban J connectivity index is 1.44. The van der Waals surface area contributed by atoms with Gasteiger partial charge in [0.2, 0.25) is 0 Å². The molecule has 1 aromatic heterocycles. The molecule has 1 aliphatic carbocycles. The van der Waals surface area contributed by atoms with Gasteiger partial charge in [0.1, 0.15) is 0 Å². The number of imide groups is 1. The number of hydrogen-bond acceptors (Lipinski definition) is 4. The molecule has 2 heterocycles. The zero-order chi connectivity index (χ0) is 18.5. The van der Waals surface area contributed by atoms with Gasteiger partial charge in [-0.3, -0.25) is 19.7 Å². The van der Waals surface area contributed by atoms with E-state index in [-0.39, 0.29) is 11.5 Å². The van der Waals surface area contributed by atoms with Crippen molar-refractivity contribution in [1.82, 2.24) is 5.32 Å². The van der Waals surface area contributed by atoms with Crippen LogP contribution in [-0.4, -0.2) is 17.7 Å². The maximum Gasteiger partial charge on any atom is 0.265 e. The van der Waals surface area contributed by atoms with Gasteiger partial charge in [-0.15, -0.1) is 11.3 Å². The van der Waals surface area contributed by atoms with Crippen molar-refractivity contribution in [3.8, 4) is 10.4 Å². The maximum absolute atomic E-state index is 12.7. The summed E-state index contributed by atoms with van der Waals surface area (Å²) < 4.78 is 0. The van der Waals surface area contributed by atoms with Gasteiger partial charge < -0.3 is 5.32 Å². The zero-order valence-corrected chi connectivity index (χ0v) is 15.0. The van der Waals surface area contributed by atoms with Crippen LogP contribution >= 0.6 is 11.3 Å². The molecule has 0 saturated carbocycles. The molecule has 27 heavy (non-hydrogen) atoms. The average molecular weight is 374 g/mol. The first kappa shape index (κ1) is 16.0. The van der Waals surface area contributed by atoms with E-state index in [0.29, 0.717) is 16.1 Å². The van der Waals surface area contributed by atoms with Gasteiger partial charge in [-0.05, 0) is 53.8 Å². The number of amides is 3. The largest absolute Gasteiger partial charge is 0.321 e. The first-order valence-corrected chi connectivity index (χ1v) is 9.44. The van der Waals surface area contributed by atoms with Gasteiger partial charge in [0, 0.05) is 10.6 Å². The van der Waals surface area contributed by atoms with Gasteiger partial charge in [-0.1, -0.05) is 24.3 Å². The third-order valence-corrected chi connectivity index (χ3v) is 6.16. The molecule has 1 aliphatic heterocycles. The normalized spacial score (nSPS) is 14.2. The lowest BCUT2D eigenvalue weighted by atomic mass is 9.91. The van der Waals surface area contributed by atoms with Crippen LogP contribution in [0.15, 0.2) is 48.5 Å². The molecule has 5 nitrogen and oxygen atoms in total. The fourth-order valence-electron chi connectivity index (χ4n) is 3.62. The SMILES string of the molecule is O=C(Nc1ccc2c(c1)C(=O)NC2=O)c1cc2c(s1)-c1ccccc1CC2. The highest BCUT2D eigenvalue weighted by Crippen LogP contribution is 2.39. The van der Waals surface area contributed by atoms with E-state index in [1.54, 1.807) is 12.1 Å². The first-order chi connectivity index (χ1) is 13.1. The molecule has 0 bridgehead atoms. The fraction of sp³-hybridized carbons (Fsp3) is 0.0952. The number of carbonyl (C=O) groups excluding carboxylic acids is 3. The lowest BCUT2D eigenvalue weighted by Crippen LogP contribution is -2.19. The van der Waals surface area contributed by atoms with E-state index in [0.717, 1.165) is 17.7 Å². The van der Waals surface area contributed by atoms with Crippen LogP contribution in [0.25, 0.3) is 10.4 Å². The Morgan fingerprint density at radius 3 is 2.56 bits per heavy atom. The van der Waals surface area contributed by atoms with Gasteiger partial charge in [0.15, 0.2) is 0 Å². The molecule has 6 heteroatoms. The number of benzene rings is 2. The number of carbonyl (C=O) groups is 3. The molecule has 0 radical (unpaired) electrons. The quantitative estimate of drug-likeness (QED) is 0.673. The molecular weight excluding hydrogens is 360 g/mol. The summed E-state index contributed by atoms with van der Waals surface area (Å²) in [5, 5.41) is 5.08. The van der Waals surface area contributed by atoms with Gasteiger partial charge >= 0.3 is 0 Å².